The van der Waals surface area contributed by atoms with Crippen molar-refractivity contribution in [1.29, 1.82) is 0 Å². The highest BCUT2D eigenvalue weighted by Gasteiger charge is 2.14. The number of nitrogens with one attached hydrogen (secondary N) is 1. The molecule has 2 aromatic rings. The molecule has 0 aliphatic heterocycles. The van der Waals surface area contributed by atoms with Gasteiger partial charge in [0.15, 0.2) is 0 Å². The van der Waals surface area contributed by atoms with Gasteiger partial charge in [-0.25, -0.2) is 8.42 Å². The van der Waals surface area contributed by atoms with Crippen molar-refractivity contribution in [3.63, 3.8) is 0 Å². The van der Waals surface area contributed by atoms with Crippen LogP contribution in [0.4, 0.5) is 5.69 Å². The van der Waals surface area contributed by atoms with Crippen molar-refractivity contribution in [1.82, 2.24) is 0 Å². The minimum atomic E-state index is -3.52. The third-order valence-electron chi connectivity index (χ3n) is 2.45. The van der Waals surface area contributed by atoms with E-state index >= 15 is 0 Å². The van der Waals surface area contributed by atoms with E-state index < -0.39 is 10.0 Å². The number of sulfonamides is 1. The largest absolute Gasteiger partial charge is 0.280 e. The van der Waals surface area contributed by atoms with Gasteiger partial charge in [-0.15, -0.1) is 0 Å². The van der Waals surface area contributed by atoms with Crippen LogP contribution < -0.4 is 4.72 Å². The van der Waals surface area contributed by atoms with E-state index in [0.29, 0.717) is 5.69 Å². The molecule has 1 N–H and O–H groups in total. The van der Waals surface area contributed by atoms with Crippen LogP contribution in [0.25, 0.3) is 0 Å². The summed E-state index contributed by atoms with van der Waals surface area (Å²) in [5.41, 5.74) is 1.61. The molecule has 2 rings (SSSR count). The summed E-state index contributed by atoms with van der Waals surface area (Å²) in [7, 11) is -3.52. The standard InChI is InChI=1S/C13H11I2NO2S/c1-9-2-4-13(5-3-9)19(17,18)16-12-7-10(14)6-11(15)8-12/h2-8,16H,1H3. The molecule has 19 heavy (non-hydrogen) atoms. The van der Waals surface area contributed by atoms with Crippen molar-refractivity contribution in [2.45, 2.75) is 11.8 Å². The van der Waals surface area contributed by atoms with Crippen molar-refractivity contribution < 1.29 is 8.42 Å². The Bertz CT molecular complexity index is 677. The van der Waals surface area contributed by atoms with Gasteiger partial charge in [0.05, 0.1) is 10.6 Å². The summed E-state index contributed by atoms with van der Waals surface area (Å²) < 4.78 is 29.0. The van der Waals surface area contributed by atoms with Gasteiger partial charge in [-0.2, -0.15) is 0 Å². The molecule has 6 heteroatoms. The molecular formula is C13H11I2NO2S. The van der Waals surface area contributed by atoms with Gasteiger partial charge in [0, 0.05) is 7.14 Å². The normalized spacial score (nSPS) is 11.3. The molecule has 0 aliphatic rings. The van der Waals surface area contributed by atoms with Crippen LogP contribution >= 0.6 is 45.2 Å². The number of halogens is 2. The average Bonchev–Trinajstić information content (AvgIpc) is 2.27. The number of rotatable bonds is 3. The SMILES string of the molecule is Cc1ccc(S(=O)(=O)Nc2cc(I)cc(I)c2)cc1. The van der Waals surface area contributed by atoms with Crippen LogP contribution in [0.1, 0.15) is 5.56 Å². The van der Waals surface area contributed by atoms with Crippen molar-refractivity contribution >= 4 is 60.9 Å². The molecule has 0 aliphatic carbocycles. The maximum atomic E-state index is 12.2. The smallest absolute Gasteiger partial charge is 0.261 e. The minimum absolute atomic E-state index is 0.270. The first-order chi connectivity index (χ1) is 8.87. The topological polar surface area (TPSA) is 46.2 Å². The molecular weight excluding hydrogens is 488 g/mol. The molecule has 0 atom stereocenters. The quantitative estimate of drug-likeness (QED) is 0.650. The van der Waals surface area contributed by atoms with Crippen LogP contribution in [0.2, 0.25) is 0 Å². The molecule has 0 bridgehead atoms. The van der Waals surface area contributed by atoms with Gasteiger partial charge in [-0.05, 0) is 82.4 Å². The van der Waals surface area contributed by atoms with Gasteiger partial charge in [0.1, 0.15) is 0 Å². The van der Waals surface area contributed by atoms with Crippen molar-refractivity contribution in [3.05, 3.63) is 55.2 Å². The van der Waals surface area contributed by atoms with Gasteiger partial charge in [-0.3, -0.25) is 4.72 Å². The highest BCUT2D eigenvalue weighted by atomic mass is 127. The Morgan fingerprint density at radius 2 is 1.47 bits per heavy atom. The van der Waals surface area contributed by atoms with Crippen LogP contribution in [0.5, 0.6) is 0 Å². The Kier molecular flexibility index (Phi) is 4.72. The molecule has 2 aromatic carbocycles. The average molecular weight is 499 g/mol. The number of benzene rings is 2. The maximum Gasteiger partial charge on any atom is 0.261 e. The predicted molar refractivity (Wildman–Crippen MR) is 93.9 cm³/mol. The molecule has 0 spiro atoms. The third kappa shape index (κ3) is 4.06. The number of hydrogen-bond acceptors (Lipinski definition) is 2. The van der Waals surface area contributed by atoms with Gasteiger partial charge < -0.3 is 0 Å². The summed E-state index contributed by atoms with van der Waals surface area (Å²) in [5, 5.41) is 0. The van der Waals surface area contributed by atoms with Gasteiger partial charge in [0.2, 0.25) is 0 Å². The Labute approximate surface area is 140 Å². The van der Waals surface area contributed by atoms with Crippen molar-refractivity contribution in [2.75, 3.05) is 4.72 Å². The second-order valence-electron chi connectivity index (χ2n) is 4.08. The second kappa shape index (κ2) is 5.96. The first kappa shape index (κ1) is 15.0. The zero-order valence-electron chi connectivity index (χ0n) is 10.0. The first-order valence-corrected chi connectivity index (χ1v) is 9.06. The van der Waals surface area contributed by atoms with E-state index in [9.17, 15) is 8.42 Å². The molecule has 0 fully saturated rings. The fourth-order valence-corrected chi connectivity index (χ4v) is 4.52. The first-order valence-electron chi connectivity index (χ1n) is 5.42. The molecule has 0 amide bonds. The number of aryl methyl sites for hydroxylation is 1. The minimum Gasteiger partial charge on any atom is -0.280 e. The number of hydrogen-bond donors (Lipinski definition) is 1. The summed E-state index contributed by atoms with van der Waals surface area (Å²) in [6.07, 6.45) is 0. The predicted octanol–water partition coefficient (Wildman–Crippen LogP) is 4.01. The third-order valence-corrected chi connectivity index (χ3v) is 5.09. The van der Waals surface area contributed by atoms with Crippen LogP contribution in [-0.4, -0.2) is 8.42 Å². The monoisotopic (exact) mass is 499 g/mol. The van der Waals surface area contributed by atoms with Crippen molar-refractivity contribution in [2.24, 2.45) is 0 Å². The fraction of sp³-hybridized carbons (Fsp3) is 0.0769. The lowest BCUT2D eigenvalue weighted by molar-refractivity contribution is 0.601. The van der Waals surface area contributed by atoms with Crippen LogP contribution in [-0.2, 0) is 10.0 Å². The molecule has 0 unspecified atom stereocenters. The Balaban J connectivity index is 2.33. The molecule has 0 saturated heterocycles. The second-order valence-corrected chi connectivity index (χ2v) is 8.25. The van der Waals surface area contributed by atoms with E-state index in [2.05, 4.69) is 49.9 Å². The fourth-order valence-electron chi connectivity index (χ4n) is 1.54. The zero-order chi connectivity index (χ0) is 14.0. The maximum absolute atomic E-state index is 12.2. The zero-order valence-corrected chi connectivity index (χ0v) is 15.2. The highest BCUT2D eigenvalue weighted by molar-refractivity contribution is 14.1. The van der Waals surface area contributed by atoms with Gasteiger partial charge >= 0.3 is 0 Å². The molecule has 0 saturated carbocycles. The number of anilines is 1. The van der Waals surface area contributed by atoms with E-state index in [1.54, 1.807) is 36.4 Å². The summed E-state index contributed by atoms with van der Waals surface area (Å²) >= 11 is 4.32. The van der Waals surface area contributed by atoms with Crippen molar-refractivity contribution in [3.8, 4) is 0 Å². The lowest BCUT2D eigenvalue weighted by Crippen LogP contribution is -2.13. The van der Waals surface area contributed by atoms with Crippen LogP contribution in [0, 0.1) is 14.1 Å². The molecule has 0 heterocycles. The molecule has 0 aromatic heterocycles. The highest BCUT2D eigenvalue weighted by Crippen LogP contribution is 2.21. The van der Waals surface area contributed by atoms with Crippen LogP contribution in [0.15, 0.2) is 47.4 Å². The van der Waals surface area contributed by atoms with E-state index in [1.807, 2.05) is 13.0 Å². The van der Waals surface area contributed by atoms with E-state index in [-0.39, 0.29) is 4.90 Å². The lowest BCUT2D eigenvalue weighted by Gasteiger charge is -2.09. The Morgan fingerprint density at radius 3 is 2.00 bits per heavy atom. The lowest BCUT2D eigenvalue weighted by atomic mass is 10.2. The molecule has 0 radical (unpaired) electrons. The summed E-state index contributed by atoms with van der Waals surface area (Å²) in [6, 6.07) is 12.4. The van der Waals surface area contributed by atoms with Gasteiger partial charge in [-0.1, -0.05) is 17.7 Å². The molecule has 100 valence electrons. The summed E-state index contributed by atoms with van der Waals surface area (Å²) in [4.78, 5) is 0.270. The van der Waals surface area contributed by atoms with E-state index in [1.165, 1.54) is 0 Å². The van der Waals surface area contributed by atoms with E-state index in [0.717, 1.165) is 12.7 Å². The van der Waals surface area contributed by atoms with Crippen LogP contribution in [0.3, 0.4) is 0 Å². The summed E-state index contributed by atoms with van der Waals surface area (Å²) in [5.74, 6) is 0. The molecule has 3 nitrogen and oxygen atoms in total. The van der Waals surface area contributed by atoms with Gasteiger partial charge in [0.25, 0.3) is 10.0 Å². The Hall–Kier alpha value is -0.350. The summed E-state index contributed by atoms with van der Waals surface area (Å²) in [6.45, 7) is 1.92. The van der Waals surface area contributed by atoms with E-state index in [4.69, 9.17) is 0 Å². The Morgan fingerprint density at radius 1 is 0.947 bits per heavy atom.